The van der Waals surface area contributed by atoms with Gasteiger partial charge in [-0.3, -0.25) is 9.48 Å². The minimum atomic E-state index is 0.0527. The monoisotopic (exact) mass is 278 g/mol. The number of hydrogen-bond donors (Lipinski definition) is 1. The molecule has 2 aliphatic heterocycles. The maximum Gasteiger partial charge on any atom is 0.224 e. The van der Waals surface area contributed by atoms with Gasteiger partial charge in [-0.1, -0.05) is 0 Å². The Hall–Kier alpha value is -1.40. The Balaban J connectivity index is 1.77. The van der Waals surface area contributed by atoms with E-state index in [1.165, 1.54) is 0 Å². The molecule has 0 aliphatic carbocycles. The molecule has 1 aromatic heterocycles. The number of aromatic nitrogens is 2. The summed E-state index contributed by atoms with van der Waals surface area (Å²) in [5.41, 5.74) is 1.08. The van der Waals surface area contributed by atoms with E-state index in [9.17, 15) is 4.79 Å². The Kier molecular flexibility index (Phi) is 3.76. The second kappa shape index (κ2) is 5.54. The van der Waals surface area contributed by atoms with Crippen LogP contribution in [0.5, 0.6) is 0 Å². The highest BCUT2D eigenvalue weighted by atomic mass is 16.5. The third-order valence-corrected chi connectivity index (χ3v) is 4.36. The zero-order valence-corrected chi connectivity index (χ0v) is 12.1. The van der Waals surface area contributed by atoms with E-state index in [-0.39, 0.29) is 18.0 Å². The highest BCUT2D eigenvalue weighted by Crippen LogP contribution is 2.32. The molecule has 3 heterocycles. The van der Waals surface area contributed by atoms with Gasteiger partial charge in [0.05, 0.1) is 18.3 Å². The maximum atomic E-state index is 12.1. The number of aryl methyl sites for hydroxylation is 1. The molecular weight excluding hydrogens is 256 g/mol. The van der Waals surface area contributed by atoms with Gasteiger partial charge in [0.15, 0.2) is 0 Å². The van der Waals surface area contributed by atoms with Crippen molar-refractivity contribution in [3.05, 3.63) is 18.0 Å². The topological polar surface area (TPSA) is 59.4 Å². The number of carbonyl (C=O) groups is 1. The molecule has 2 fully saturated rings. The van der Waals surface area contributed by atoms with Crippen molar-refractivity contribution in [2.45, 2.75) is 37.4 Å². The molecule has 1 aromatic rings. The van der Waals surface area contributed by atoms with Crippen LogP contribution in [0.2, 0.25) is 0 Å². The van der Waals surface area contributed by atoms with E-state index >= 15 is 0 Å². The first-order valence-electron chi connectivity index (χ1n) is 7.24. The summed E-state index contributed by atoms with van der Waals surface area (Å²) < 4.78 is 7.37. The average molecular weight is 278 g/mol. The Morgan fingerprint density at radius 1 is 1.45 bits per heavy atom. The Morgan fingerprint density at radius 2 is 2.30 bits per heavy atom. The Morgan fingerprint density at radius 3 is 2.95 bits per heavy atom. The van der Waals surface area contributed by atoms with Crippen LogP contribution in [0.4, 0.5) is 0 Å². The molecule has 0 unspecified atom stereocenters. The Labute approximate surface area is 119 Å². The Bertz CT molecular complexity index is 481. The summed E-state index contributed by atoms with van der Waals surface area (Å²) in [5, 5.41) is 7.84. The summed E-state index contributed by atoms with van der Waals surface area (Å²) in [6.45, 7) is 1.60. The molecule has 20 heavy (non-hydrogen) atoms. The fourth-order valence-corrected chi connectivity index (χ4v) is 3.27. The second-order valence-electron chi connectivity index (χ2n) is 5.72. The number of nitrogens with zero attached hydrogens (tertiary/aromatic N) is 3. The molecule has 3 atom stereocenters. The van der Waals surface area contributed by atoms with Crippen LogP contribution >= 0.6 is 0 Å². The summed E-state index contributed by atoms with van der Waals surface area (Å²) in [4.78, 5) is 13.9. The van der Waals surface area contributed by atoms with Crippen molar-refractivity contribution in [2.24, 2.45) is 7.05 Å². The fourth-order valence-electron chi connectivity index (χ4n) is 3.27. The number of ether oxygens (including phenoxy) is 1. The average Bonchev–Trinajstić information content (AvgIpc) is 2.96. The third-order valence-electron chi connectivity index (χ3n) is 4.36. The number of carbonyl (C=O) groups excluding carboxylic acids is 1. The molecule has 1 amide bonds. The largest absolute Gasteiger partial charge is 0.380 e. The van der Waals surface area contributed by atoms with Gasteiger partial charge in [-0.2, -0.15) is 5.10 Å². The fraction of sp³-hybridized carbons (Fsp3) is 0.714. The number of amides is 1. The first kappa shape index (κ1) is 13.6. The summed E-state index contributed by atoms with van der Waals surface area (Å²) in [7, 11) is 3.80. The van der Waals surface area contributed by atoms with Gasteiger partial charge in [0.2, 0.25) is 5.91 Å². The van der Waals surface area contributed by atoms with E-state index in [0.29, 0.717) is 12.5 Å². The minimum absolute atomic E-state index is 0.0527. The van der Waals surface area contributed by atoms with Crippen LogP contribution in [-0.2, 0) is 16.6 Å². The van der Waals surface area contributed by atoms with E-state index in [4.69, 9.17) is 4.74 Å². The number of likely N-dealkylation sites (tertiary alicyclic amines) is 1. The first-order chi connectivity index (χ1) is 9.66. The molecular formula is C14H22N4O2. The van der Waals surface area contributed by atoms with Crippen LogP contribution in [0.25, 0.3) is 0 Å². The number of nitrogens with one attached hydrogen (secondary N) is 1. The molecule has 0 saturated carbocycles. The summed E-state index contributed by atoms with van der Waals surface area (Å²) >= 11 is 0. The van der Waals surface area contributed by atoms with Gasteiger partial charge in [-0.25, -0.2) is 0 Å². The lowest BCUT2D eigenvalue weighted by atomic mass is 10.0. The van der Waals surface area contributed by atoms with Crippen molar-refractivity contribution < 1.29 is 9.53 Å². The van der Waals surface area contributed by atoms with Gasteiger partial charge in [0, 0.05) is 45.4 Å². The molecule has 0 spiro atoms. The standard InChI is InChI=1S/C14H22N4O2/c1-17-13(19)8-11(16-10-4-3-7-20-9-10)14(17)12-5-6-15-18(12)2/h5-6,10-11,14,16H,3-4,7-9H2,1-2H3/t10-,11-,14-/m1/s1. The van der Waals surface area contributed by atoms with Crippen LogP contribution in [0.3, 0.4) is 0 Å². The van der Waals surface area contributed by atoms with Crippen molar-refractivity contribution in [1.29, 1.82) is 0 Å². The van der Waals surface area contributed by atoms with Crippen LogP contribution in [0.15, 0.2) is 12.3 Å². The van der Waals surface area contributed by atoms with E-state index in [2.05, 4.69) is 10.4 Å². The van der Waals surface area contributed by atoms with Gasteiger partial charge < -0.3 is 15.0 Å². The SMILES string of the molecule is CN1C(=O)C[C@@H](N[C@@H]2CCCOC2)[C@@H]1c1ccnn1C. The van der Waals surface area contributed by atoms with E-state index in [0.717, 1.165) is 31.7 Å². The van der Waals surface area contributed by atoms with Crippen LogP contribution in [-0.4, -0.2) is 52.9 Å². The summed E-state index contributed by atoms with van der Waals surface area (Å²) in [6.07, 6.45) is 4.53. The van der Waals surface area contributed by atoms with E-state index in [1.54, 1.807) is 6.20 Å². The third kappa shape index (κ3) is 2.45. The first-order valence-corrected chi connectivity index (χ1v) is 7.24. The predicted molar refractivity (Wildman–Crippen MR) is 74.1 cm³/mol. The van der Waals surface area contributed by atoms with Gasteiger partial charge in [-0.05, 0) is 18.9 Å². The molecule has 6 nitrogen and oxygen atoms in total. The normalized spacial score (nSPS) is 31.0. The molecule has 6 heteroatoms. The number of hydrogen-bond acceptors (Lipinski definition) is 4. The quantitative estimate of drug-likeness (QED) is 0.872. The van der Waals surface area contributed by atoms with E-state index in [1.807, 2.05) is 29.7 Å². The highest BCUT2D eigenvalue weighted by Gasteiger charge is 2.40. The van der Waals surface area contributed by atoms with Crippen molar-refractivity contribution in [3.8, 4) is 0 Å². The zero-order valence-electron chi connectivity index (χ0n) is 12.1. The summed E-state index contributed by atoms with van der Waals surface area (Å²) in [5.74, 6) is 0.186. The molecule has 2 saturated heterocycles. The number of likely N-dealkylation sites (N-methyl/N-ethyl adjacent to an activating group) is 1. The second-order valence-corrected chi connectivity index (χ2v) is 5.72. The molecule has 0 bridgehead atoms. The van der Waals surface area contributed by atoms with Crippen molar-refractivity contribution in [3.63, 3.8) is 0 Å². The van der Waals surface area contributed by atoms with Crippen LogP contribution < -0.4 is 5.32 Å². The van der Waals surface area contributed by atoms with Crippen molar-refractivity contribution >= 4 is 5.91 Å². The number of rotatable bonds is 3. The van der Waals surface area contributed by atoms with Crippen LogP contribution in [0.1, 0.15) is 31.0 Å². The molecule has 0 aromatic carbocycles. The molecule has 110 valence electrons. The van der Waals surface area contributed by atoms with Crippen LogP contribution in [0, 0.1) is 0 Å². The highest BCUT2D eigenvalue weighted by molar-refractivity contribution is 5.80. The van der Waals surface area contributed by atoms with Gasteiger partial charge in [0.25, 0.3) is 0 Å². The van der Waals surface area contributed by atoms with Gasteiger partial charge in [-0.15, -0.1) is 0 Å². The molecule has 0 radical (unpaired) electrons. The van der Waals surface area contributed by atoms with Crippen molar-refractivity contribution in [1.82, 2.24) is 20.0 Å². The molecule has 3 rings (SSSR count). The molecule has 2 aliphatic rings. The van der Waals surface area contributed by atoms with Gasteiger partial charge >= 0.3 is 0 Å². The lowest BCUT2D eigenvalue weighted by Crippen LogP contribution is -2.45. The smallest absolute Gasteiger partial charge is 0.224 e. The minimum Gasteiger partial charge on any atom is -0.380 e. The predicted octanol–water partition coefficient (Wildman–Crippen LogP) is 0.460. The lowest BCUT2D eigenvalue weighted by molar-refractivity contribution is -0.127. The lowest BCUT2D eigenvalue weighted by Gasteiger charge is -2.31. The maximum absolute atomic E-state index is 12.1. The van der Waals surface area contributed by atoms with Gasteiger partial charge in [0.1, 0.15) is 0 Å². The van der Waals surface area contributed by atoms with E-state index < -0.39 is 0 Å². The summed E-state index contributed by atoms with van der Waals surface area (Å²) in [6, 6.07) is 2.53. The zero-order chi connectivity index (χ0) is 14.1. The molecule has 1 N–H and O–H groups in total. The van der Waals surface area contributed by atoms with Crippen molar-refractivity contribution in [2.75, 3.05) is 20.3 Å².